The van der Waals surface area contributed by atoms with Crippen molar-refractivity contribution < 1.29 is 59.4 Å². The molecule has 4 aromatic carbocycles. The van der Waals surface area contributed by atoms with Gasteiger partial charge in [-0.05, 0) is 127 Å². The number of nitrogens with two attached hydrogens (primary N) is 1. The van der Waals surface area contributed by atoms with Gasteiger partial charge in [0.05, 0.1) is 17.0 Å². The number of halogens is 6. The highest BCUT2D eigenvalue weighted by Crippen LogP contribution is 2.41. The summed E-state index contributed by atoms with van der Waals surface area (Å²) in [4.78, 5) is 46.7. The van der Waals surface area contributed by atoms with Crippen molar-refractivity contribution in [2.24, 2.45) is 5.92 Å². The number of carboxylic acids is 1. The van der Waals surface area contributed by atoms with Gasteiger partial charge in [0.2, 0.25) is 16.2 Å². The lowest BCUT2D eigenvalue weighted by molar-refractivity contribution is -0.142. The maximum Gasteiger partial charge on any atom is 0.416 e. The summed E-state index contributed by atoms with van der Waals surface area (Å²) in [5.74, 6) is -3.81. The number of pyridine rings is 2. The van der Waals surface area contributed by atoms with Crippen molar-refractivity contribution in [3.63, 3.8) is 0 Å². The third kappa shape index (κ3) is 19.1. The Bertz CT molecular complexity index is 3660. The van der Waals surface area contributed by atoms with Gasteiger partial charge in [-0.2, -0.15) is 26.3 Å². The van der Waals surface area contributed by atoms with Gasteiger partial charge in [0, 0.05) is 71.7 Å². The molecule has 16 nitrogen and oxygen atoms in total. The molecule has 2 amide bonds. The standard InChI is InChI=1S/C33H40F3N5O4SSi.C18H27F3O3Si.C11H8N4S/c1-31(2,3)45-30(43)38-26(25(19-44-47(7,8)32(4,5)6)20-11-13-24(14-12-20)33(34,35)36)27(42)39-29-41-40-28(46-29)22-9-10-23-18-37-16-15-21(23)17-22;1-12(16(22)23)15(11-24-25(5,6)17(2,3)4)13-7-9-14(10-8-13)18(19,20)21;12-11-15-14-10(16-11)8-1-2-9-6-13-4-3-7(9)5-8/h9-18,25-26H,19H2,1-8H3,(H,38,43)(H,39,41,42);7-10,12,15H,11H2,1-6H3,(H,22,23);1-6H,(H2,12,15)/t25-,26-;12-,15+;/m00./s1. The lowest BCUT2D eigenvalue weighted by Crippen LogP contribution is -2.51. The maximum absolute atomic E-state index is 14.0. The summed E-state index contributed by atoms with van der Waals surface area (Å²) in [7, 11) is -4.50. The van der Waals surface area contributed by atoms with Crippen molar-refractivity contribution in [2.75, 3.05) is 24.3 Å². The highest BCUT2D eigenvalue weighted by Gasteiger charge is 2.42. The van der Waals surface area contributed by atoms with E-state index < -0.39 is 87.5 Å². The molecule has 0 saturated carbocycles. The molecule has 4 heterocycles. The van der Waals surface area contributed by atoms with Crippen molar-refractivity contribution in [2.45, 2.75) is 141 Å². The molecule has 88 heavy (non-hydrogen) atoms. The Morgan fingerprint density at radius 3 is 1.43 bits per heavy atom. The minimum absolute atomic E-state index is 0.0375. The number of fused-ring (bicyclic) bond motifs is 2. The first-order valence-corrected chi connectivity index (χ1v) is 35.4. The van der Waals surface area contributed by atoms with E-state index >= 15 is 0 Å². The Balaban J connectivity index is 0.000000248. The average Bonchev–Trinajstić information content (AvgIpc) is 3.25. The van der Waals surface area contributed by atoms with Crippen LogP contribution >= 0.6 is 22.7 Å². The number of nitrogen functional groups attached to an aromatic ring is 1. The molecule has 472 valence electrons. The van der Waals surface area contributed by atoms with E-state index in [1.165, 1.54) is 35.6 Å². The zero-order valence-corrected chi connectivity index (χ0v) is 55.1. The lowest BCUT2D eigenvalue weighted by atomic mass is 9.87. The number of carbonyl (C=O) groups is 3. The molecular weight excluding hydrogens is 1220 g/mol. The smallest absolute Gasteiger partial charge is 0.416 e. The number of amides is 2. The molecule has 0 aliphatic carbocycles. The van der Waals surface area contributed by atoms with E-state index in [9.17, 15) is 45.8 Å². The molecule has 26 heteroatoms. The minimum Gasteiger partial charge on any atom is -0.481 e. The van der Waals surface area contributed by atoms with Gasteiger partial charge in [-0.15, -0.1) is 20.4 Å². The molecule has 0 spiro atoms. The van der Waals surface area contributed by atoms with Crippen LogP contribution in [-0.2, 0) is 35.5 Å². The third-order valence-electron chi connectivity index (χ3n) is 15.4. The van der Waals surface area contributed by atoms with Crippen molar-refractivity contribution in [1.29, 1.82) is 0 Å². The van der Waals surface area contributed by atoms with Gasteiger partial charge in [0.25, 0.3) is 0 Å². The van der Waals surface area contributed by atoms with Gasteiger partial charge in [-0.1, -0.05) is 120 Å². The largest absolute Gasteiger partial charge is 0.481 e. The number of hydrogen-bond donors (Lipinski definition) is 4. The number of benzene rings is 4. The van der Waals surface area contributed by atoms with Crippen LogP contribution in [0.5, 0.6) is 0 Å². The van der Waals surface area contributed by atoms with Crippen LogP contribution in [0.3, 0.4) is 0 Å². The monoisotopic (exact) mass is 1290 g/mol. The van der Waals surface area contributed by atoms with Crippen molar-refractivity contribution in [3.05, 3.63) is 144 Å². The second kappa shape index (κ2) is 28.1. The summed E-state index contributed by atoms with van der Waals surface area (Å²) in [6.07, 6.45) is -2.76. The number of nitrogens with one attached hydrogen (secondary N) is 2. The van der Waals surface area contributed by atoms with Crippen LogP contribution in [0, 0.1) is 5.92 Å². The van der Waals surface area contributed by atoms with E-state index in [0.717, 1.165) is 73.3 Å². The number of alkyl halides is 6. The molecule has 8 rings (SSSR count). The molecule has 5 N–H and O–H groups in total. The van der Waals surface area contributed by atoms with Gasteiger partial charge < -0.3 is 29.7 Å². The molecule has 0 aliphatic heterocycles. The van der Waals surface area contributed by atoms with Crippen LogP contribution in [0.15, 0.2) is 122 Å². The number of nitrogens with zero attached hydrogens (tertiary/aromatic N) is 6. The molecule has 0 unspecified atom stereocenters. The van der Waals surface area contributed by atoms with Gasteiger partial charge in [-0.3, -0.25) is 24.9 Å². The third-order valence-corrected chi connectivity index (χ3v) is 26.1. The van der Waals surface area contributed by atoms with E-state index in [1.807, 2.05) is 61.8 Å². The number of alkyl carbamates (subject to hydrolysis) is 1. The Kier molecular flexibility index (Phi) is 22.3. The zero-order chi connectivity index (χ0) is 65.4. The van der Waals surface area contributed by atoms with Crippen LogP contribution < -0.4 is 16.4 Å². The Labute approximate surface area is 518 Å². The molecule has 0 aliphatic rings. The SMILES string of the molecule is CC(C)(C)OC(=O)N[C@H](C(=O)Nc1nnc(-c2ccc3cnccc3c2)s1)[C@@H](CO[Si](C)(C)C(C)(C)C)c1ccc(C(F)(F)F)cc1.C[C@H](C(=O)O)[C@@H](CO[Si](C)(C)C(C)(C)C)c1ccc(C(F)(F)F)cc1.Nc1nnc(-c2ccc3cnccc3c2)s1. The first-order chi connectivity index (χ1) is 40.7. The number of hydrogen-bond acceptors (Lipinski definition) is 15. The Morgan fingerprint density at radius 1 is 0.591 bits per heavy atom. The number of anilines is 2. The van der Waals surface area contributed by atoms with E-state index in [-0.39, 0.29) is 28.4 Å². The van der Waals surface area contributed by atoms with Crippen LogP contribution in [0.25, 0.3) is 42.7 Å². The van der Waals surface area contributed by atoms with Gasteiger partial charge in [0.15, 0.2) is 16.6 Å². The number of carboxylic acid groups (broad SMARTS) is 1. The summed E-state index contributed by atoms with van der Waals surface area (Å²) in [6, 6.07) is 23.5. The molecule has 0 fully saturated rings. The van der Waals surface area contributed by atoms with E-state index in [2.05, 4.69) is 102 Å². The van der Waals surface area contributed by atoms with E-state index in [1.54, 1.807) is 46.3 Å². The molecule has 0 saturated heterocycles. The molecule has 4 atom stereocenters. The van der Waals surface area contributed by atoms with Crippen molar-refractivity contribution >= 4 is 89.1 Å². The van der Waals surface area contributed by atoms with Crippen molar-refractivity contribution in [1.82, 2.24) is 35.7 Å². The number of carbonyl (C=O) groups excluding carboxylic acids is 2. The zero-order valence-electron chi connectivity index (χ0n) is 51.5. The quantitative estimate of drug-likeness (QED) is 0.0521. The lowest BCUT2D eigenvalue weighted by Gasteiger charge is -2.38. The van der Waals surface area contributed by atoms with Crippen molar-refractivity contribution in [3.8, 4) is 21.1 Å². The summed E-state index contributed by atoms with van der Waals surface area (Å²) in [5.41, 5.74) is 5.84. The minimum atomic E-state index is -4.55. The van der Waals surface area contributed by atoms with Crippen LogP contribution in [0.4, 0.5) is 41.4 Å². The van der Waals surface area contributed by atoms with Gasteiger partial charge in [0.1, 0.15) is 21.7 Å². The maximum atomic E-state index is 14.0. The highest BCUT2D eigenvalue weighted by atomic mass is 32.1. The Hall–Kier alpha value is -7.24. The topological polar surface area (TPSA) is 227 Å². The fraction of sp³-hybridized carbons (Fsp3) is 0.403. The normalized spacial score (nSPS) is 13.9. The fourth-order valence-corrected chi connectivity index (χ4v) is 11.5. The number of rotatable bonds is 16. The van der Waals surface area contributed by atoms with Crippen LogP contribution in [0.2, 0.25) is 36.3 Å². The first-order valence-electron chi connectivity index (χ1n) is 28.0. The number of aromatic nitrogens is 6. The molecule has 0 radical (unpaired) electrons. The summed E-state index contributed by atoms with van der Waals surface area (Å²) in [5, 5.41) is 37.0. The van der Waals surface area contributed by atoms with Crippen LogP contribution in [-0.4, -0.2) is 94.9 Å². The van der Waals surface area contributed by atoms with E-state index in [4.69, 9.17) is 19.3 Å². The predicted octanol–water partition coefficient (Wildman–Crippen LogP) is 16.3. The summed E-state index contributed by atoms with van der Waals surface area (Å²) < 4.78 is 96.6. The molecule has 0 bridgehead atoms. The fourth-order valence-electron chi connectivity index (χ4n) is 8.09. The number of aliphatic carboxylic acids is 1. The Morgan fingerprint density at radius 2 is 1.02 bits per heavy atom. The molecule has 8 aromatic rings. The predicted molar refractivity (Wildman–Crippen MR) is 339 cm³/mol. The summed E-state index contributed by atoms with van der Waals surface area (Å²) in [6.45, 7) is 27.3. The second-order valence-electron chi connectivity index (χ2n) is 25.1. The van der Waals surface area contributed by atoms with E-state index in [0.29, 0.717) is 21.3 Å². The number of ether oxygens (including phenoxy) is 1. The summed E-state index contributed by atoms with van der Waals surface area (Å²) >= 11 is 2.53. The van der Waals surface area contributed by atoms with Gasteiger partial charge >= 0.3 is 24.4 Å². The molecule has 4 aromatic heterocycles. The average molecular weight is 1290 g/mol. The first kappa shape index (κ1) is 69.9. The van der Waals surface area contributed by atoms with Gasteiger partial charge in [-0.25, -0.2) is 4.79 Å². The highest BCUT2D eigenvalue weighted by molar-refractivity contribution is 7.18. The second-order valence-corrected chi connectivity index (χ2v) is 36.7. The molecular formula is C62H75F6N9O7S2Si2. The van der Waals surface area contributed by atoms with Crippen LogP contribution in [0.1, 0.15) is 103 Å².